The average Bonchev–Trinajstić information content (AvgIpc) is 3.32. The molecular formula is C22H26N4O3. The molecule has 1 amide bonds. The van der Waals surface area contributed by atoms with Gasteiger partial charge in [0.2, 0.25) is 0 Å². The number of primary amides is 1. The molecule has 3 rings (SSSR count). The molecule has 2 heterocycles. The summed E-state index contributed by atoms with van der Waals surface area (Å²) >= 11 is 0. The lowest BCUT2D eigenvalue weighted by Gasteiger charge is -2.12. The standard InChI is InChI=1S/C22H26N4O3/c1-4-5-18-20(15-6-8-16(9-7-15)22(28)29-3)19(21(23)27)14(2)26(18)11-10-17-12-24-13-25-17/h6-9,12-13H,4-5,10-11H2,1-3H3,(H2,23,27)(H,24,25). The van der Waals surface area contributed by atoms with Crippen LogP contribution in [-0.2, 0) is 24.1 Å². The number of carbonyl (C=O) groups excluding carboxylic acids is 2. The fourth-order valence-electron chi connectivity index (χ4n) is 3.75. The maximum Gasteiger partial charge on any atom is 0.337 e. The Morgan fingerprint density at radius 3 is 2.48 bits per heavy atom. The zero-order chi connectivity index (χ0) is 21.0. The van der Waals surface area contributed by atoms with Gasteiger partial charge in [0.05, 0.1) is 24.6 Å². The van der Waals surface area contributed by atoms with Crippen molar-refractivity contribution >= 4 is 11.9 Å². The topological polar surface area (TPSA) is 103 Å². The van der Waals surface area contributed by atoms with E-state index in [0.717, 1.165) is 47.5 Å². The first kappa shape index (κ1) is 20.4. The van der Waals surface area contributed by atoms with Crippen molar-refractivity contribution in [3.63, 3.8) is 0 Å². The first-order chi connectivity index (χ1) is 14.0. The maximum absolute atomic E-state index is 12.4. The summed E-state index contributed by atoms with van der Waals surface area (Å²) in [6.07, 6.45) is 5.98. The van der Waals surface area contributed by atoms with Crippen LogP contribution in [0.1, 0.15) is 51.1 Å². The molecule has 1 aromatic carbocycles. The molecule has 7 heteroatoms. The second kappa shape index (κ2) is 8.77. The highest BCUT2D eigenvalue weighted by Gasteiger charge is 2.24. The molecule has 7 nitrogen and oxygen atoms in total. The maximum atomic E-state index is 12.4. The molecule has 0 fully saturated rings. The molecule has 0 aliphatic carbocycles. The molecule has 0 radical (unpaired) electrons. The fourth-order valence-corrected chi connectivity index (χ4v) is 3.75. The second-order valence-electron chi connectivity index (χ2n) is 6.94. The third-order valence-electron chi connectivity index (χ3n) is 5.12. The van der Waals surface area contributed by atoms with E-state index in [1.54, 1.807) is 24.7 Å². The minimum absolute atomic E-state index is 0.395. The van der Waals surface area contributed by atoms with Crippen LogP contribution in [0.5, 0.6) is 0 Å². The van der Waals surface area contributed by atoms with E-state index in [9.17, 15) is 9.59 Å². The van der Waals surface area contributed by atoms with Crippen LogP contribution in [0.15, 0.2) is 36.8 Å². The molecule has 0 spiro atoms. The van der Waals surface area contributed by atoms with Gasteiger partial charge in [-0.2, -0.15) is 0 Å². The van der Waals surface area contributed by atoms with Crippen molar-refractivity contribution in [2.24, 2.45) is 5.73 Å². The SMILES string of the molecule is CCCc1c(-c2ccc(C(=O)OC)cc2)c(C(N)=O)c(C)n1CCc1cnc[nH]1. The quantitative estimate of drug-likeness (QED) is 0.572. The number of benzene rings is 1. The van der Waals surface area contributed by atoms with Crippen LogP contribution in [0.4, 0.5) is 0 Å². The van der Waals surface area contributed by atoms with Gasteiger partial charge in [0, 0.05) is 41.8 Å². The third kappa shape index (κ3) is 4.08. The molecule has 0 aliphatic rings. The summed E-state index contributed by atoms with van der Waals surface area (Å²) < 4.78 is 6.95. The van der Waals surface area contributed by atoms with Gasteiger partial charge in [0.15, 0.2) is 0 Å². The molecule has 0 bridgehead atoms. The Bertz CT molecular complexity index is 1000. The van der Waals surface area contributed by atoms with E-state index in [0.29, 0.717) is 17.7 Å². The number of methoxy groups -OCH3 is 1. The zero-order valence-electron chi connectivity index (χ0n) is 17.0. The average molecular weight is 394 g/mol. The number of ether oxygens (including phenoxy) is 1. The van der Waals surface area contributed by atoms with Crippen molar-refractivity contribution in [3.05, 3.63) is 65.0 Å². The molecule has 0 atom stereocenters. The summed E-state index contributed by atoms with van der Waals surface area (Å²) in [5.74, 6) is -0.846. The lowest BCUT2D eigenvalue weighted by atomic mass is 9.97. The number of aromatic amines is 1. The molecule has 152 valence electrons. The summed E-state index contributed by atoms with van der Waals surface area (Å²) in [6, 6.07) is 7.09. The number of aryl methyl sites for hydroxylation is 1. The highest BCUT2D eigenvalue weighted by atomic mass is 16.5. The lowest BCUT2D eigenvalue weighted by Crippen LogP contribution is -2.14. The lowest BCUT2D eigenvalue weighted by molar-refractivity contribution is 0.0600. The van der Waals surface area contributed by atoms with Crippen LogP contribution < -0.4 is 5.73 Å². The number of amides is 1. The molecule has 3 aromatic rings. The van der Waals surface area contributed by atoms with Crippen molar-refractivity contribution in [1.29, 1.82) is 0 Å². The van der Waals surface area contributed by atoms with Gasteiger partial charge < -0.3 is 20.0 Å². The molecular weight excluding hydrogens is 368 g/mol. The van der Waals surface area contributed by atoms with Gasteiger partial charge in [-0.3, -0.25) is 4.79 Å². The van der Waals surface area contributed by atoms with E-state index >= 15 is 0 Å². The van der Waals surface area contributed by atoms with Gasteiger partial charge in [-0.15, -0.1) is 0 Å². The molecule has 0 saturated carbocycles. The van der Waals surface area contributed by atoms with Crippen LogP contribution in [-0.4, -0.2) is 33.5 Å². The van der Waals surface area contributed by atoms with Crippen LogP contribution in [0.2, 0.25) is 0 Å². The van der Waals surface area contributed by atoms with Crippen LogP contribution in [0, 0.1) is 6.92 Å². The Kier molecular flexibility index (Phi) is 6.16. The van der Waals surface area contributed by atoms with Crippen LogP contribution in [0.3, 0.4) is 0 Å². The Hall–Kier alpha value is -3.35. The second-order valence-corrected chi connectivity index (χ2v) is 6.94. The molecule has 29 heavy (non-hydrogen) atoms. The number of nitrogens with two attached hydrogens (primary N) is 1. The number of H-pyrrole nitrogens is 1. The predicted octanol–water partition coefficient (Wildman–Crippen LogP) is 3.27. The first-order valence-corrected chi connectivity index (χ1v) is 9.65. The third-order valence-corrected chi connectivity index (χ3v) is 5.12. The fraction of sp³-hybridized carbons (Fsp3) is 0.318. The summed E-state index contributed by atoms with van der Waals surface area (Å²) in [6.45, 7) is 4.75. The van der Waals surface area contributed by atoms with Gasteiger partial charge in [-0.05, 0) is 31.0 Å². The number of aromatic nitrogens is 3. The van der Waals surface area contributed by atoms with Crippen molar-refractivity contribution in [2.75, 3.05) is 7.11 Å². The Labute approximate surface area is 169 Å². The monoisotopic (exact) mass is 394 g/mol. The Morgan fingerprint density at radius 1 is 1.21 bits per heavy atom. The van der Waals surface area contributed by atoms with E-state index in [2.05, 4.69) is 21.5 Å². The molecule has 0 saturated heterocycles. The zero-order valence-corrected chi connectivity index (χ0v) is 17.0. The molecule has 2 aromatic heterocycles. The minimum atomic E-state index is -0.452. The number of rotatable bonds is 8. The number of esters is 1. The van der Waals surface area contributed by atoms with Gasteiger partial charge in [-0.1, -0.05) is 25.5 Å². The largest absolute Gasteiger partial charge is 0.465 e. The van der Waals surface area contributed by atoms with Crippen molar-refractivity contribution in [3.8, 4) is 11.1 Å². The van der Waals surface area contributed by atoms with Crippen molar-refractivity contribution < 1.29 is 14.3 Å². The van der Waals surface area contributed by atoms with Gasteiger partial charge in [0.25, 0.3) is 5.91 Å². The van der Waals surface area contributed by atoms with Crippen LogP contribution in [0.25, 0.3) is 11.1 Å². The van der Waals surface area contributed by atoms with Crippen molar-refractivity contribution in [1.82, 2.24) is 14.5 Å². The van der Waals surface area contributed by atoms with Gasteiger partial charge in [0.1, 0.15) is 0 Å². The Balaban J connectivity index is 2.09. The van der Waals surface area contributed by atoms with E-state index < -0.39 is 11.9 Å². The van der Waals surface area contributed by atoms with Crippen LogP contribution >= 0.6 is 0 Å². The normalized spacial score (nSPS) is 10.9. The molecule has 3 N–H and O–H groups in total. The smallest absolute Gasteiger partial charge is 0.337 e. The molecule has 0 unspecified atom stereocenters. The number of hydrogen-bond acceptors (Lipinski definition) is 4. The van der Waals surface area contributed by atoms with E-state index in [1.165, 1.54) is 7.11 Å². The first-order valence-electron chi connectivity index (χ1n) is 9.65. The highest BCUT2D eigenvalue weighted by Crippen LogP contribution is 2.34. The highest BCUT2D eigenvalue weighted by molar-refractivity contribution is 6.02. The van der Waals surface area contributed by atoms with Gasteiger partial charge >= 0.3 is 5.97 Å². The summed E-state index contributed by atoms with van der Waals surface area (Å²) in [5, 5.41) is 0. The number of imidazole rings is 1. The molecule has 0 aliphatic heterocycles. The number of carbonyl (C=O) groups is 2. The number of nitrogens with zero attached hydrogens (tertiary/aromatic N) is 2. The Morgan fingerprint density at radius 2 is 1.93 bits per heavy atom. The van der Waals surface area contributed by atoms with Crippen molar-refractivity contribution in [2.45, 2.75) is 39.7 Å². The van der Waals surface area contributed by atoms with E-state index in [4.69, 9.17) is 10.5 Å². The minimum Gasteiger partial charge on any atom is -0.465 e. The number of hydrogen-bond donors (Lipinski definition) is 2. The summed E-state index contributed by atoms with van der Waals surface area (Å²) in [7, 11) is 1.35. The van der Waals surface area contributed by atoms with E-state index in [1.807, 2.05) is 19.1 Å². The van der Waals surface area contributed by atoms with E-state index in [-0.39, 0.29) is 0 Å². The van der Waals surface area contributed by atoms with Gasteiger partial charge in [-0.25, -0.2) is 9.78 Å². The predicted molar refractivity (Wildman–Crippen MR) is 111 cm³/mol. The summed E-state index contributed by atoms with van der Waals surface area (Å²) in [5.41, 5.74) is 11.4. The number of nitrogens with one attached hydrogen (secondary N) is 1. The summed E-state index contributed by atoms with van der Waals surface area (Å²) in [4.78, 5) is 31.3.